The molecule has 84 valence electrons. The normalized spacial score (nSPS) is 32.5. The number of likely N-dealkylation sites (tertiary alicyclic amines) is 1. The van der Waals surface area contributed by atoms with Crippen molar-refractivity contribution in [2.24, 2.45) is 5.92 Å². The number of hydrogen-bond acceptors (Lipinski definition) is 1. The Hall–Kier alpha value is -0.560. The molecule has 0 aromatic heterocycles. The Morgan fingerprint density at radius 1 is 1.07 bits per heavy atom. The maximum Gasteiger partial charge on any atom is 0.0451 e. The second-order valence-corrected chi connectivity index (χ2v) is 5.19. The molecule has 2 rings (SSSR count). The van der Waals surface area contributed by atoms with Crippen molar-refractivity contribution < 1.29 is 0 Å². The highest BCUT2D eigenvalue weighted by molar-refractivity contribution is 5.22. The van der Waals surface area contributed by atoms with Crippen LogP contribution in [0.4, 0.5) is 0 Å². The zero-order valence-corrected chi connectivity index (χ0v) is 10.1. The molecular formula is C14H23N. The molecule has 1 aliphatic carbocycles. The molecule has 1 fully saturated rings. The van der Waals surface area contributed by atoms with Crippen LogP contribution in [0.3, 0.4) is 0 Å². The molecule has 0 aromatic rings. The smallest absolute Gasteiger partial charge is 0.0451 e. The first-order valence-corrected chi connectivity index (χ1v) is 6.35. The molecule has 0 aromatic carbocycles. The van der Waals surface area contributed by atoms with E-state index >= 15 is 0 Å². The molecule has 0 bridgehead atoms. The molecule has 0 amide bonds. The van der Waals surface area contributed by atoms with Crippen LogP contribution in [0.25, 0.3) is 0 Å². The van der Waals surface area contributed by atoms with Gasteiger partial charge in [-0.15, -0.1) is 0 Å². The number of rotatable bonds is 2. The van der Waals surface area contributed by atoms with Crippen LogP contribution in [0.2, 0.25) is 0 Å². The summed E-state index contributed by atoms with van der Waals surface area (Å²) in [6, 6.07) is 0. The monoisotopic (exact) mass is 205 g/mol. The van der Waals surface area contributed by atoms with Crippen molar-refractivity contribution in [3.05, 3.63) is 24.3 Å². The highest BCUT2D eigenvalue weighted by Gasteiger charge is 2.37. The summed E-state index contributed by atoms with van der Waals surface area (Å²) in [6.45, 7) is 7.29. The highest BCUT2D eigenvalue weighted by atomic mass is 15.2. The lowest BCUT2D eigenvalue weighted by Gasteiger charge is -2.47. The van der Waals surface area contributed by atoms with Gasteiger partial charge in [0.25, 0.3) is 0 Å². The minimum Gasteiger partial charge on any atom is -0.294 e. The molecule has 1 saturated heterocycles. The standard InChI is InChI=1S/C14H23N/c1-13(2)14(9-5-3-6-10-14)15-11-7-4-8-12-15/h3,5-6,9,13H,4,7-8,10-12H2,1-2H3. The molecule has 1 nitrogen and oxygen atoms in total. The molecule has 1 unspecified atom stereocenters. The summed E-state index contributed by atoms with van der Waals surface area (Å²) in [7, 11) is 0. The fourth-order valence-corrected chi connectivity index (χ4v) is 2.96. The number of nitrogens with zero attached hydrogens (tertiary/aromatic N) is 1. The fraction of sp³-hybridized carbons (Fsp3) is 0.714. The topological polar surface area (TPSA) is 3.24 Å². The van der Waals surface area contributed by atoms with Gasteiger partial charge < -0.3 is 0 Å². The van der Waals surface area contributed by atoms with Crippen LogP contribution in [0.1, 0.15) is 39.5 Å². The summed E-state index contributed by atoms with van der Waals surface area (Å²) in [5, 5.41) is 0. The van der Waals surface area contributed by atoms with Crippen molar-refractivity contribution in [3.63, 3.8) is 0 Å². The van der Waals surface area contributed by atoms with Gasteiger partial charge >= 0.3 is 0 Å². The maximum atomic E-state index is 2.71. The summed E-state index contributed by atoms with van der Waals surface area (Å²) in [5.41, 5.74) is 0.315. The van der Waals surface area contributed by atoms with Crippen LogP contribution in [0.5, 0.6) is 0 Å². The summed E-state index contributed by atoms with van der Waals surface area (Å²) in [4.78, 5) is 2.71. The second-order valence-electron chi connectivity index (χ2n) is 5.19. The number of piperidine rings is 1. The van der Waals surface area contributed by atoms with Crippen LogP contribution in [-0.4, -0.2) is 23.5 Å². The van der Waals surface area contributed by atoms with Gasteiger partial charge in [-0.1, -0.05) is 44.6 Å². The third-order valence-corrected chi connectivity index (χ3v) is 4.02. The van der Waals surface area contributed by atoms with E-state index in [4.69, 9.17) is 0 Å². The first-order valence-electron chi connectivity index (χ1n) is 6.35. The molecule has 0 spiro atoms. The van der Waals surface area contributed by atoms with Gasteiger partial charge in [-0.05, 0) is 38.3 Å². The summed E-state index contributed by atoms with van der Waals surface area (Å²) < 4.78 is 0. The molecule has 1 heteroatoms. The average molecular weight is 205 g/mol. The lowest BCUT2D eigenvalue weighted by molar-refractivity contribution is 0.0675. The van der Waals surface area contributed by atoms with E-state index in [1.54, 1.807) is 0 Å². The van der Waals surface area contributed by atoms with Crippen molar-refractivity contribution in [1.29, 1.82) is 0 Å². The van der Waals surface area contributed by atoms with E-state index in [1.165, 1.54) is 38.8 Å². The minimum absolute atomic E-state index is 0.315. The molecule has 0 saturated carbocycles. The molecule has 15 heavy (non-hydrogen) atoms. The van der Waals surface area contributed by atoms with E-state index in [-0.39, 0.29) is 0 Å². The van der Waals surface area contributed by atoms with Gasteiger partial charge in [-0.25, -0.2) is 0 Å². The van der Waals surface area contributed by atoms with Crippen LogP contribution < -0.4 is 0 Å². The summed E-state index contributed by atoms with van der Waals surface area (Å²) >= 11 is 0. The average Bonchev–Trinajstić information content (AvgIpc) is 2.31. The predicted molar refractivity (Wildman–Crippen MR) is 65.9 cm³/mol. The number of allylic oxidation sites excluding steroid dienone is 2. The van der Waals surface area contributed by atoms with Crippen molar-refractivity contribution >= 4 is 0 Å². The molecular weight excluding hydrogens is 182 g/mol. The number of hydrogen-bond donors (Lipinski definition) is 0. The van der Waals surface area contributed by atoms with Crippen LogP contribution in [-0.2, 0) is 0 Å². The molecule has 0 N–H and O–H groups in total. The molecule has 1 atom stereocenters. The first kappa shape index (κ1) is 10.9. The van der Waals surface area contributed by atoms with Crippen molar-refractivity contribution in [1.82, 2.24) is 4.90 Å². The zero-order chi connectivity index (χ0) is 10.7. The quantitative estimate of drug-likeness (QED) is 0.668. The molecule has 1 heterocycles. The third kappa shape index (κ3) is 2.03. The summed E-state index contributed by atoms with van der Waals surface area (Å²) in [6.07, 6.45) is 14.6. The van der Waals surface area contributed by atoms with Crippen molar-refractivity contribution in [2.75, 3.05) is 13.1 Å². The first-order chi connectivity index (χ1) is 7.26. The maximum absolute atomic E-state index is 2.71. The van der Waals surface area contributed by atoms with Gasteiger partial charge in [0.15, 0.2) is 0 Å². The zero-order valence-electron chi connectivity index (χ0n) is 10.1. The van der Waals surface area contributed by atoms with E-state index in [9.17, 15) is 0 Å². The Kier molecular flexibility index (Phi) is 3.30. The van der Waals surface area contributed by atoms with E-state index in [0.29, 0.717) is 11.5 Å². The van der Waals surface area contributed by atoms with Crippen LogP contribution in [0.15, 0.2) is 24.3 Å². The molecule has 0 radical (unpaired) electrons. The largest absolute Gasteiger partial charge is 0.294 e. The van der Waals surface area contributed by atoms with Gasteiger partial charge in [-0.3, -0.25) is 4.90 Å². The van der Waals surface area contributed by atoms with Gasteiger partial charge in [0, 0.05) is 5.54 Å². The van der Waals surface area contributed by atoms with Crippen molar-refractivity contribution in [2.45, 2.75) is 45.1 Å². The Labute approximate surface area is 93.9 Å². The van der Waals surface area contributed by atoms with Crippen LogP contribution >= 0.6 is 0 Å². The minimum atomic E-state index is 0.315. The molecule has 1 aliphatic heterocycles. The fourth-order valence-electron chi connectivity index (χ4n) is 2.96. The Morgan fingerprint density at radius 2 is 1.80 bits per heavy atom. The van der Waals surface area contributed by atoms with E-state index in [1.807, 2.05) is 0 Å². The summed E-state index contributed by atoms with van der Waals surface area (Å²) in [5.74, 6) is 0.705. The van der Waals surface area contributed by atoms with E-state index < -0.39 is 0 Å². The predicted octanol–water partition coefficient (Wildman–Crippen LogP) is 3.38. The van der Waals surface area contributed by atoms with Gasteiger partial charge in [0.2, 0.25) is 0 Å². The highest BCUT2D eigenvalue weighted by Crippen LogP contribution is 2.35. The molecule has 2 aliphatic rings. The Balaban J connectivity index is 2.17. The van der Waals surface area contributed by atoms with Gasteiger partial charge in [0.05, 0.1) is 0 Å². The third-order valence-electron chi connectivity index (χ3n) is 4.02. The van der Waals surface area contributed by atoms with E-state index in [0.717, 1.165) is 0 Å². The van der Waals surface area contributed by atoms with Crippen LogP contribution in [0, 0.1) is 5.92 Å². The van der Waals surface area contributed by atoms with Gasteiger partial charge in [0.1, 0.15) is 0 Å². The lowest BCUT2D eigenvalue weighted by Crippen LogP contribution is -2.53. The van der Waals surface area contributed by atoms with E-state index in [2.05, 4.69) is 43.1 Å². The Morgan fingerprint density at radius 3 is 2.33 bits per heavy atom. The lowest BCUT2D eigenvalue weighted by atomic mass is 9.78. The SMILES string of the molecule is CC(C)C1(N2CCCCC2)C=CC=CC1. The Bertz CT molecular complexity index is 259. The second kappa shape index (κ2) is 4.52. The van der Waals surface area contributed by atoms with Crippen molar-refractivity contribution in [3.8, 4) is 0 Å². The van der Waals surface area contributed by atoms with Gasteiger partial charge in [-0.2, -0.15) is 0 Å².